The molecule has 0 aromatic heterocycles. The molecule has 0 aliphatic rings. The number of nitrogens with one attached hydrogen (secondary N) is 1. The fourth-order valence-electron chi connectivity index (χ4n) is 10.1. The molecule has 0 spiro atoms. The van der Waals surface area contributed by atoms with Gasteiger partial charge in [0.25, 0.3) is 0 Å². The lowest BCUT2D eigenvalue weighted by Gasteiger charge is -2.22. The van der Waals surface area contributed by atoms with Crippen molar-refractivity contribution >= 4 is 11.9 Å². The predicted octanol–water partition coefficient (Wildman–Crippen LogP) is 19.5. The van der Waals surface area contributed by atoms with Crippen molar-refractivity contribution in [2.24, 2.45) is 0 Å². The molecule has 6 nitrogen and oxygen atoms in total. The van der Waals surface area contributed by atoms with Crippen molar-refractivity contribution in [1.82, 2.24) is 5.32 Å². The third-order valence-corrected chi connectivity index (χ3v) is 14.9. The number of unbranched alkanes of at least 4 members (excludes halogenated alkanes) is 48. The molecule has 3 N–H and O–H groups in total. The zero-order valence-electron chi connectivity index (χ0n) is 46.4. The van der Waals surface area contributed by atoms with E-state index in [1.165, 1.54) is 270 Å². The summed E-state index contributed by atoms with van der Waals surface area (Å²) >= 11 is 0. The molecule has 1 amide bonds. The van der Waals surface area contributed by atoms with Gasteiger partial charge in [-0.2, -0.15) is 0 Å². The van der Waals surface area contributed by atoms with Crippen LogP contribution >= 0.6 is 0 Å². The molecule has 0 bridgehead atoms. The fourth-order valence-corrected chi connectivity index (χ4v) is 10.1. The Balaban J connectivity index is 3.43. The van der Waals surface area contributed by atoms with Crippen molar-refractivity contribution in [3.63, 3.8) is 0 Å². The van der Waals surface area contributed by atoms with E-state index < -0.39 is 12.1 Å². The van der Waals surface area contributed by atoms with Gasteiger partial charge in [0.05, 0.1) is 25.4 Å². The molecule has 406 valence electrons. The Hall–Kier alpha value is -1.14. The summed E-state index contributed by atoms with van der Waals surface area (Å²) < 4.78 is 5.48. The largest absolute Gasteiger partial charge is 0.466 e. The Morgan fingerprint density at radius 3 is 0.897 bits per heavy atom. The minimum atomic E-state index is -0.676. The van der Waals surface area contributed by atoms with Gasteiger partial charge < -0.3 is 20.3 Å². The summed E-state index contributed by atoms with van der Waals surface area (Å²) in [6, 6.07) is -0.555. The first-order valence-electron chi connectivity index (χ1n) is 31.3. The number of rotatable bonds is 59. The zero-order valence-corrected chi connectivity index (χ0v) is 46.4. The molecule has 2 unspecified atom stereocenters. The van der Waals surface area contributed by atoms with E-state index in [4.69, 9.17) is 4.74 Å². The summed E-state index contributed by atoms with van der Waals surface area (Å²) in [5.41, 5.74) is 0. The number of esters is 1. The number of carbonyl (C=O) groups excluding carboxylic acids is 2. The second kappa shape index (κ2) is 58.4. The molecule has 0 fully saturated rings. The van der Waals surface area contributed by atoms with E-state index >= 15 is 0 Å². The van der Waals surface area contributed by atoms with E-state index in [9.17, 15) is 19.8 Å². The number of aliphatic hydroxyl groups excluding tert-OH is 2. The first-order valence-corrected chi connectivity index (χ1v) is 31.3. The molecule has 0 aromatic rings. The minimum Gasteiger partial charge on any atom is -0.466 e. The molecule has 0 saturated carbocycles. The van der Waals surface area contributed by atoms with Crippen LogP contribution in [0.15, 0.2) is 0 Å². The number of ether oxygens (including phenoxy) is 1. The molecule has 0 aliphatic carbocycles. The third-order valence-electron chi connectivity index (χ3n) is 14.9. The molecular weight excluding hydrogens is 839 g/mol. The van der Waals surface area contributed by atoms with Gasteiger partial charge in [0.1, 0.15) is 0 Å². The highest BCUT2D eigenvalue weighted by molar-refractivity contribution is 5.76. The van der Waals surface area contributed by atoms with Crippen LogP contribution in [0.2, 0.25) is 0 Å². The van der Waals surface area contributed by atoms with Gasteiger partial charge in [0, 0.05) is 12.8 Å². The van der Waals surface area contributed by atoms with Crippen molar-refractivity contribution in [2.45, 2.75) is 373 Å². The second-order valence-electron chi connectivity index (χ2n) is 21.8. The van der Waals surface area contributed by atoms with E-state index in [1.54, 1.807) is 0 Å². The Morgan fingerprint density at radius 1 is 0.353 bits per heavy atom. The molecule has 0 saturated heterocycles. The van der Waals surface area contributed by atoms with Crippen molar-refractivity contribution in [1.29, 1.82) is 0 Å². The smallest absolute Gasteiger partial charge is 0.305 e. The molecule has 0 aliphatic heterocycles. The summed E-state index contributed by atoms with van der Waals surface area (Å²) in [5.74, 6) is -0.0566. The maximum atomic E-state index is 12.5. The zero-order chi connectivity index (χ0) is 49.3. The Kier molecular flexibility index (Phi) is 57.5. The topological polar surface area (TPSA) is 95.9 Å². The number of hydrogen-bond donors (Lipinski definition) is 3. The average molecular weight is 963 g/mol. The lowest BCUT2D eigenvalue weighted by Crippen LogP contribution is -2.45. The van der Waals surface area contributed by atoms with Gasteiger partial charge >= 0.3 is 5.97 Å². The highest BCUT2D eigenvalue weighted by atomic mass is 16.5. The minimum absolute atomic E-state index is 0.00832. The normalized spacial score (nSPS) is 12.5. The van der Waals surface area contributed by atoms with Crippen LogP contribution in [0.3, 0.4) is 0 Å². The fraction of sp³-hybridized carbons (Fsp3) is 0.968. The summed E-state index contributed by atoms with van der Waals surface area (Å²) in [5, 5.41) is 23.4. The summed E-state index contributed by atoms with van der Waals surface area (Å²) in [4.78, 5) is 24.6. The lowest BCUT2D eigenvalue weighted by molar-refractivity contribution is -0.143. The Bertz CT molecular complexity index is 975. The quantitative estimate of drug-likeness (QED) is 0.0417. The van der Waals surface area contributed by atoms with Gasteiger partial charge in [-0.1, -0.05) is 322 Å². The summed E-state index contributed by atoms with van der Waals surface area (Å²) in [6.45, 7) is 4.95. The summed E-state index contributed by atoms with van der Waals surface area (Å²) in [6.07, 6.45) is 68.2. The van der Waals surface area contributed by atoms with E-state index in [0.717, 1.165) is 57.8 Å². The van der Waals surface area contributed by atoms with Gasteiger partial charge in [-0.3, -0.25) is 9.59 Å². The van der Waals surface area contributed by atoms with Crippen molar-refractivity contribution < 1.29 is 24.5 Å². The Labute approximate surface area is 426 Å². The van der Waals surface area contributed by atoms with Crippen LogP contribution in [0.25, 0.3) is 0 Å². The van der Waals surface area contributed by atoms with E-state index in [-0.39, 0.29) is 18.5 Å². The molecule has 6 heteroatoms. The standard InChI is InChI=1S/C62H123NO5/c1-3-5-7-9-11-13-15-17-19-21-22-23-24-25-26-27-28-29-31-34-38-42-46-50-54-60(65)59(58-64)63-61(66)55-51-47-43-39-35-33-37-41-45-49-53-57-68-62(67)56-52-48-44-40-36-32-30-20-18-16-14-12-10-8-6-4-2/h59-60,64-65H,3-58H2,1-2H3,(H,63,66). The number of carbonyl (C=O) groups is 2. The van der Waals surface area contributed by atoms with Gasteiger partial charge in [-0.25, -0.2) is 0 Å². The highest BCUT2D eigenvalue weighted by Crippen LogP contribution is 2.19. The van der Waals surface area contributed by atoms with E-state index in [2.05, 4.69) is 19.2 Å². The van der Waals surface area contributed by atoms with Crippen LogP contribution in [0, 0.1) is 0 Å². The first-order chi connectivity index (χ1) is 33.5. The van der Waals surface area contributed by atoms with Crippen LogP contribution in [0.5, 0.6) is 0 Å². The first kappa shape index (κ1) is 66.9. The average Bonchev–Trinajstić information content (AvgIpc) is 3.34. The maximum absolute atomic E-state index is 12.5. The van der Waals surface area contributed by atoms with Gasteiger partial charge in [0.15, 0.2) is 0 Å². The predicted molar refractivity (Wildman–Crippen MR) is 297 cm³/mol. The van der Waals surface area contributed by atoms with Crippen LogP contribution in [-0.2, 0) is 14.3 Å². The lowest BCUT2D eigenvalue weighted by atomic mass is 10.0. The van der Waals surface area contributed by atoms with Crippen LogP contribution in [-0.4, -0.2) is 47.4 Å². The maximum Gasteiger partial charge on any atom is 0.305 e. The third kappa shape index (κ3) is 54.2. The molecule has 0 aromatic carbocycles. The number of aliphatic hydroxyl groups is 2. The molecular formula is C62H123NO5. The molecule has 0 rings (SSSR count). The molecule has 68 heavy (non-hydrogen) atoms. The van der Waals surface area contributed by atoms with Crippen molar-refractivity contribution in [3.05, 3.63) is 0 Å². The number of hydrogen-bond acceptors (Lipinski definition) is 5. The monoisotopic (exact) mass is 962 g/mol. The molecule has 0 radical (unpaired) electrons. The van der Waals surface area contributed by atoms with Gasteiger partial charge in [0.2, 0.25) is 5.91 Å². The SMILES string of the molecule is CCCCCCCCCCCCCCCCCCCCCCCCCCC(O)C(CO)NC(=O)CCCCCCCCCCCCCOC(=O)CCCCCCCCCCCCCCCCCC. The number of amides is 1. The van der Waals surface area contributed by atoms with Crippen LogP contribution < -0.4 is 5.32 Å². The molecule has 2 atom stereocenters. The molecule has 0 heterocycles. The highest BCUT2D eigenvalue weighted by Gasteiger charge is 2.20. The van der Waals surface area contributed by atoms with Gasteiger partial charge in [-0.05, 0) is 25.7 Å². The van der Waals surface area contributed by atoms with Crippen molar-refractivity contribution in [2.75, 3.05) is 13.2 Å². The van der Waals surface area contributed by atoms with E-state index in [0.29, 0.717) is 25.9 Å². The second-order valence-corrected chi connectivity index (χ2v) is 21.8. The summed E-state index contributed by atoms with van der Waals surface area (Å²) in [7, 11) is 0. The van der Waals surface area contributed by atoms with E-state index in [1.807, 2.05) is 0 Å². The van der Waals surface area contributed by atoms with Crippen LogP contribution in [0.4, 0.5) is 0 Å². The van der Waals surface area contributed by atoms with Crippen LogP contribution in [0.1, 0.15) is 361 Å². The van der Waals surface area contributed by atoms with Gasteiger partial charge in [-0.15, -0.1) is 0 Å². The van der Waals surface area contributed by atoms with Crippen molar-refractivity contribution in [3.8, 4) is 0 Å². The Morgan fingerprint density at radius 2 is 0.603 bits per heavy atom.